The number of ether oxygens (including phenoxy) is 1. The quantitative estimate of drug-likeness (QED) is 0.117. The number of benzene rings is 3. The van der Waals surface area contributed by atoms with Crippen LogP contribution in [-0.4, -0.2) is 22.3 Å². The Kier molecular flexibility index (Phi) is 7.33. The normalized spacial score (nSPS) is 11.1. The number of hydrogen-bond acceptors (Lipinski definition) is 7. The number of Topliss-reactive ketones (excluding diaryl/α,β-unsaturated/α-hetero) is 1. The first-order chi connectivity index (χ1) is 17.3. The third-order valence-corrected chi connectivity index (χ3v) is 6.47. The summed E-state index contributed by atoms with van der Waals surface area (Å²) >= 11 is 1.42. The predicted octanol–water partition coefficient (Wildman–Crippen LogP) is 6.66. The average molecular weight is 496 g/mol. The molecule has 7 nitrogen and oxygen atoms in total. The second-order valence-electron chi connectivity index (χ2n) is 8.10. The van der Waals surface area contributed by atoms with Crippen molar-refractivity contribution in [2.45, 2.75) is 13.8 Å². The third kappa shape index (κ3) is 5.71. The summed E-state index contributed by atoms with van der Waals surface area (Å²) in [6, 6.07) is 20.9. The van der Waals surface area contributed by atoms with Gasteiger partial charge in [-0.3, -0.25) is 14.9 Å². The molecule has 0 saturated carbocycles. The van der Waals surface area contributed by atoms with Gasteiger partial charge in [-0.05, 0) is 54.8 Å². The molecule has 0 fully saturated rings. The molecule has 0 spiro atoms. The van der Waals surface area contributed by atoms with Gasteiger partial charge in [0.2, 0.25) is 0 Å². The zero-order valence-electron chi connectivity index (χ0n) is 19.6. The summed E-state index contributed by atoms with van der Waals surface area (Å²) in [5.41, 5.74) is 5.55. The van der Waals surface area contributed by atoms with E-state index in [0.717, 1.165) is 16.8 Å². The number of carbonyl (C=O) groups is 1. The Bertz CT molecular complexity index is 1510. The van der Waals surface area contributed by atoms with Crippen LogP contribution in [0.2, 0.25) is 0 Å². The van der Waals surface area contributed by atoms with Crippen molar-refractivity contribution in [1.82, 2.24) is 4.98 Å². The SMILES string of the molecule is Cc1ccc(-c2csc(C(C#N)=Cc3ccc(OCC(=O)c4cccc([N+](=O)[O-])c4)cc3)n2)cc1C. The minimum atomic E-state index is -0.546. The molecule has 1 aromatic heterocycles. The molecule has 178 valence electrons. The van der Waals surface area contributed by atoms with Crippen LogP contribution >= 0.6 is 11.3 Å². The minimum Gasteiger partial charge on any atom is -0.485 e. The first-order valence-corrected chi connectivity index (χ1v) is 11.9. The van der Waals surface area contributed by atoms with Crippen molar-refractivity contribution >= 4 is 34.5 Å². The van der Waals surface area contributed by atoms with Gasteiger partial charge in [-0.2, -0.15) is 5.26 Å². The van der Waals surface area contributed by atoms with Crippen molar-refractivity contribution in [2.24, 2.45) is 0 Å². The summed E-state index contributed by atoms with van der Waals surface area (Å²) in [6.45, 7) is 3.87. The molecule has 0 aliphatic rings. The van der Waals surface area contributed by atoms with Crippen LogP contribution in [-0.2, 0) is 0 Å². The summed E-state index contributed by atoms with van der Waals surface area (Å²) in [7, 11) is 0. The van der Waals surface area contributed by atoms with Crippen molar-refractivity contribution in [3.63, 3.8) is 0 Å². The molecule has 3 aromatic carbocycles. The van der Waals surface area contributed by atoms with Crippen LogP contribution < -0.4 is 4.74 Å². The highest BCUT2D eigenvalue weighted by atomic mass is 32.1. The largest absolute Gasteiger partial charge is 0.485 e. The van der Waals surface area contributed by atoms with Crippen molar-refractivity contribution < 1.29 is 14.5 Å². The molecule has 0 atom stereocenters. The Morgan fingerprint density at radius 1 is 1.11 bits per heavy atom. The van der Waals surface area contributed by atoms with Gasteiger partial charge >= 0.3 is 0 Å². The number of aromatic nitrogens is 1. The topological polar surface area (TPSA) is 106 Å². The van der Waals surface area contributed by atoms with E-state index in [2.05, 4.69) is 37.0 Å². The highest BCUT2D eigenvalue weighted by molar-refractivity contribution is 7.11. The van der Waals surface area contributed by atoms with Gasteiger partial charge in [0.05, 0.1) is 16.2 Å². The van der Waals surface area contributed by atoms with E-state index < -0.39 is 4.92 Å². The van der Waals surface area contributed by atoms with Crippen LogP contribution in [0.1, 0.15) is 32.1 Å². The van der Waals surface area contributed by atoms with Crippen molar-refractivity contribution in [3.05, 3.63) is 109 Å². The van der Waals surface area contributed by atoms with Gasteiger partial charge in [-0.1, -0.05) is 36.4 Å². The van der Waals surface area contributed by atoms with Gasteiger partial charge in [0.25, 0.3) is 5.69 Å². The fourth-order valence-electron chi connectivity index (χ4n) is 3.42. The van der Waals surface area contributed by atoms with E-state index in [-0.39, 0.29) is 23.6 Å². The maximum atomic E-state index is 12.3. The number of nitrogens with zero attached hydrogens (tertiary/aromatic N) is 3. The molecular weight excluding hydrogens is 474 g/mol. The third-order valence-electron chi connectivity index (χ3n) is 5.60. The van der Waals surface area contributed by atoms with Gasteiger partial charge in [0, 0.05) is 28.6 Å². The van der Waals surface area contributed by atoms with E-state index in [1.165, 1.54) is 46.7 Å². The van der Waals surface area contributed by atoms with E-state index in [1.807, 2.05) is 11.4 Å². The molecule has 0 aliphatic heterocycles. The number of nitriles is 1. The molecule has 4 aromatic rings. The lowest BCUT2D eigenvalue weighted by Crippen LogP contribution is -2.11. The number of rotatable bonds is 8. The Morgan fingerprint density at radius 2 is 1.89 bits per heavy atom. The van der Waals surface area contributed by atoms with Gasteiger partial charge < -0.3 is 4.74 Å². The second-order valence-corrected chi connectivity index (χ2v) is 8.95. The average Bonchev–Trinajstić information content (AvgIpc) is 3.38. The van der Waals surface area contributed by atoms with Crippen LogP contribution in [0.3, 0.4) is 0 Å². The molecule has 0 saturated heterocycles. The predicted molar refractivity (Wildman–Crippen MR) is 140 cm³/mol. The molecule has 0 amide bonds. The molecule has 0 unspecified atom stereocenters. The first-order valence-electron chi connectivity index (χ1n) is 11.0. The molecular formula is C28H21N3O4S. The zero-order chi connectivity index (χ0) is 25.7. The summed E-state index contributed by atoms with van der Waals surface area (Å²) < 4.78 is 5.55. The maximum absolute atomic E-state index is 12.3. The lowest BCUT2D eigenvalue weighted by molar-refractivity contribution is -0.384. The Labute approximate surface area is 212 Å². The van der Waals surface area contributed by atoms with Crippen LogP contribution in [0.15, 0.2) is 72.1 Å². The molecule has 8 heteroatoms. The molecule has 0 aliphatic carbocycles. The minimum absolute atomic E-state index is 0.147. The van der Waals surface area contributed by atoms with E-state index >= 15 is 0 Å². The van der Waals surface area contributed by atoms with Crippen LogP contribution in [0, 0.1) is 35.3 Å². The summed E-state index contributed by atoms with van der Waals surface area (Å²) in [5, 5.41) is 23.2. The molecule has 0 N–H and O–H groups in total. The van der Waals surface area contributed by atoms with Gasteiger partial charge in [-0.15, -0.1) is 11.3 Å². The number of ketones is 1. The number of nitro benzene ring substituents is 1. The molecule has 4 rings (SSSR count). The van der Waals surface area contributed by atoms with Crippen molar-refractivity contribution in [2.75, 3.05) is 6.61 Å². The first kappa shape index (κ1) is 24.5. The number of non-ortho nitro benzene ring substituents is 1. The monoisotopic (exact) mass is 495 g/mol. The highest BCUT2D eigenvalue weighted by Crippen LogP contribution is 2.28. The molecule has 0 radical (unpaired) electrons. The number of hydrogen-bond donors (Lipinski definition) is 0. The number of nitro groups is 1. The van der Waals surface area contributed by atoms with Gasteiger partial charge in [0.15, 0.2) is 12.4 Å². The van der Waals surface area contributed by atoms with Crippen LogP contribution in [0.25, 0.3) is 22.9 Å². The Hall–Kier alpha value is -4.61. The van der Waals surface area contributed by atoms with E-state index in [1.54, 1.807) is 30.3 Å². The molecule has 0 bridgehead atoms. The van der Waals surface area contributed by atoms with Crippen LogP contribution in [0.4, 0.5) is 5.69 Å². The van der Waals surface area contributed by atoms with Crippen molar-refractivity contribution in [1.29, 1.82) is 5.26 Å². The number of thiazole rings is 1. The van der Waals surface area contributed by atoms with E-state index in [4.69, 9.17) is 4.74 Å². The van der Waals surface area contributed by atoms with Gasteiger partial charge in [0.1, 0.15) is 16.8 Å². The molecule has 36 heavy (non-hydrogen) atoms. The standard InChI is InChI=1S/C28H21N3O4S/c1-18-6-9-21(12-19(18)2)26-17-36-28(30-26)23(15-29)13-20-7-10-25(11-8-20)35-16-27(32)22-4-3-5-24(14-22)31(33)34/h3-14,17H,16H2,1-2H3. The second kappa shape index (κ2) is 10.8. The summed E-state index contributed by atoms with van der Waals surface area (Å²) in [4.78, 5) is 27.3. The van der Waals surface area contributed by atoms with Crippen LogP contribution in [0.5, 0.6) is 5.75 Å². The zero-order valence-corrected chi connectivity index (χ0v) is 20.4. The van der Waals surface area contributed by atoms with E-state index in [0.29, 0.717) is 16.3 Å². The Morgan fingerprint density at radius 3 is 2.58 bits per heavy atom. The maximum Gasteiger partial charge on any atom is 0.270 e. The lowest BCUT2D eigenvalue weighted by atomic mass is 10.1. The number of carbonyl (C=O) groups excluding carboxylic acids is 1. The summed E-state index contributed by atoms with van der Waals surface area (Å²) in [6.07, 6.45) is 1.75. The van der Waals surface area contributed by atoms with Gasteiger partial charge in [-0.25, -0.2) is 4.98 Å². The van der Waals surface area contributed by atoms with Crippen molar-refractivity contribution in [3.8, 4) is 23.1 Å². The summed E-state index contributed by atoms with van der Waals surface area (Å²) in [5.74, 6) is 0.105. The fourth-order valence-corrected chi connectivity index (χ4v) is 4.22. The molecule has 1 heterocycles. The number of aryl methyl sites for hydroxylation is 2. The highest BCUT2D eigenvalue weighted by Gasteiger charge is 2.13. The van der Waals surface area contributed by atoms with E-state index in [9.17, 15) is 20.2 Å². The number of allylic oxidation sites excluding steroid dienone is 1. The lowest BCUT2D eigenvalue weighted by Gasteiger charge is -2.06. The Balaban J connectivity index is 1.43. The fraction of sp³-hybridized carbons (Fsp3) is 0.107. The smallest absolute Gasteiger partial charge is 0.270 e.